The van der Waals surface area contributed by atoms with Gasteiger partial charge in [-0.15, -0.1) is 0 Å². The van der Waals surface area contributed by atoms with E-state index in [1.165, 1.54) is 30.3 Å². The zero-order chi connectivity index (χ0) is 50.1. The number of carbonyl (C=O) groups excluding carboxylic acids is 5. The van der Waals surface area contributed by atoms with Crippen LogP contribution in [0.15, 0.2) is 78.9 Å². The molecule has 4 aromatic carbocycles. The van der Waals surface area contributed by atoms with Crippen molar-refractivity contribution in [2.24, 2.45) is 0 Å². The Morgan fingerprint density at radius 1 is 0.559 bits per heavy atom. The number of benzene rings is 4. The minimum Gasteiger partial charge on any atom is -0.444 e. The van der Waals surface area contributed by atoms with Crippen LogP contribution in [0, 0.1) is 11.6 Å². The number of anilines is 2. The van der Waals surface area contributed by atoms with Crippen LogP contribution in [-0.2, 0) is 32.1 Å². The first kappa shape index (κ1) is 54.0. The van der Waals surface area contributed by atoms with Crippen molar-refractivity contribution in [3.05, 3.63) is 107 Å². The highest BCUT2D eigenvalue weighted by molar-refractivity contribution is 6.03. The first-order chi connectivity index (χ1) is 31.9. The lowest BCUT2D eigenvalue weighted by molar-refractivity contribution is 0.0208. The van der Waals surface area contributed by atoms with Crippen molar-refractivity contribution in [1.29, 1.82) is 0 Å². The summed E-state index contributed by atoms with van der Waals surface area (Å²) in [6.45, 7) is 17.5. The van der Waals surface area contributed by atoms with Crippen molar-refractivity contribution in [2.45, 2.75) is 118 Å². The SMILES string of the molecule is CC(C)(C)OC(=O)NCCCN(CCCCN(CCCNc1cc(NC(=O)OCc2ccc3ccccc3c2)c(C(=O)NCc2ccc(F)cc2)cc1F)C(=O)OC(C)(C)C)C(=O)OC(C)(C)C. The van der Waals surface area contributed by atoms with Crippen LogP contribution in [0.2, 0.25) is 0 Å². The number of rotatable bonds is 20. The lowest BCUT2D eigenvalue weighted by Crippen LogP contribution is -2.40. The summed E-state index contributed by atoms with van der Waals surface area (Å²) >= 11 is 0. The normalized spacial score (nSPS) is 11.6. The number of carbonyl (C=O) groups is 5. The number of halogens is 2. The third-order valence-corrected chi connectivity index (χ3v) is 9.74. The molecule has 68 heavy (non-hydrogen) atoms. The van der Waals surface area contributed by atoms with Gasteiger partial charge in [-0.1, -0.05) is 48.5 Å². The molecule has 0 atom stereocenters. The third kappa shape index (κ3) is 19.7. The highest BCUT2D eigenvalue weighted by atomic mass is 19.1. The first-order valence-electron chi connectivity index (χ1n) is 22.9. The molecule has 17 heteroatoms. The Labute approximate surface area is 398 Å². The molecule has 4 N–H and O–H groups in total. The first-order valence-corrected chi connectivity index (χ1v) is 22.9. The minimum absolute atomic E-state index is 0.0117. The van der Waals surface area contributed by atoms with E-state index in [4.69, 9.17) is 18.9 Å². The molecule has 4 rings (SSSR count). The summed E-state index contributed by atoms with van der Waals surface area (Å²) in [5.74, 6) is -1.90. The molecule has 0 saturated heterocycles. The van der Waals surface area contributed by atoms with Gasteiger partial charge in [-0.2, -0.15) is 0 Å². The molecule has 0 saturated carbocycles. The minimum atomic E-state index is -0.874. The summed E-state index contributed by atoms with van der Waals surface area (Å²) in [4.78, 5) is 68.4. The Hall–Kier alpha value is -6.65. The Kier molecular flexibility index (Phi) is 19.8. The number of hydrogen-bond donors (Lipinski definition) is 4. The Balaban J connectivity index is 1.40. The van der Waals surface area contributed by atoms with Gasteiger partial charge < -0.3 is 44.7 Å². The van der Waals surface area contributed by atoms with Crippen molar-refractivity contribution >= 4 is 52.4 Å². The van der Waals surface area contributed by atoms with E-state index in [-0.39, 0.29) is 49.7 Å². The third-order valence-electron chi connectivity index (χ3n) is 9.74. The van der Waals surface area contributed by atoms with E-state index in [0.717, 1.165) is 22.4 Å². The van der Waals surface area contributed by atoms with Gasteiger partial charge in [0.25, 0.3) is 5.91 Å². The summed E-state index contributed by atoms with van der Waals surface area (Å²) in [7, 11) is 0. The summed E-state index contributed by atoms with van der Waals surface area (Å²) in [5, 5.41) is 13.0. The van der Waals surface area contributed by atoms with Gasteiger partial charge >= 0.3 is 24.4 Å². The number of fused-ring (bicyclic) bond motifs is 1. The zero-order valence-electron chi connectivity index (χ0n) is 40.8. The summed E-state index contributed by atoms with van der Waals surface area (Å²) in [6.07, 6.45) is -0.617. The van der Waals surface area contributed by atoms with Crippen LogP contribution in [0.1, 0.15) is 109 Å². The van der Waals surface area contributed by atoms with Crippen molar-refractivity contribution in [3.63, 3.8) is 0 Å². The average Bonchev–Trinajstić information content (AvgIpc) is 3.24. The smallest absolute Gasteiger partial charge is 0.411 e. The summed E-state index contributed by atoms with van der Waals surface area (Å²) in [5.41, 5.74) is -1.00. The molecule has 0 aliphatic carbocycles. The monoisotopic (exact) mass is 947 g/mol. The second-order valence-electron chi connectivity index (χ2n) is 19.3. The van der Waals surface area contributed by atoms with Gasteiger partial charge in [-0.3, -0.25) is 10.1 Å². The summed E-state index contributed by atoms with van der Waals surface area (Å²) in [6, 6.07) is 21.3. The predicted molar refractivity (Wildman–Crippen MR) is 259 cm³/mol. The van der Waals surface area contributed by atoms with Crippen LogP contribution in [0.5, 0.6) is 0 Å². The maximum absolute atomic E-state index is 15.8. The van der Waals surface area contributed by atoms with Gasteiger partial charge in [0.15, 0.2) is 0 Å². The molecule has 5 amide bonds. The number of unbranched alkanes of at least 4 members (excludes halogenated alkanes) is 1. The average molecular weight is 947 g/mol. The molecule has 370 valence electrons. The van der Waals surface area contributed by atoms with E-state index < -0.39 is 58.7 Å². The molecule has 0 aliphatic rings. The number of nitrogens with one attached hydrogen (secondary N) is 4. The topological polar surface area (TPSA) is 177 Å². The lowest BCUT2D eigenvalue weighted by atomic mass is 10.1. The molecule has 0 bridgehead atoms. The fourth-order valence-electron chi connectivity index (χ4n) is 6.62. The number of hydrogen-bond acceptors (Lipinski definition) is 10. The second kappa shape index (κ2) is 24.9. The molecule has 0 aromatic heterocycles. The molecule has 0 fully saturated rings. The molecule has 0 radical (unpaired) electrons. The molecular weight excluding hydrogens is 879 g/mol. The van der Waals surface area contributed by atoms with Gasteiger partial charge in [-0.05, 0) is 140 Å². The fourth-order valence-corrected chi connectivity index (χ4v) is 6.62. The maximum Gasteiger partial charge on any atom is 0.411 e. The fraction of sp³-hybridized carbons (Fsp3) is 0.471. The van der Waals surface area contributed by atoms with E-state index >= 15 is 4.39 Å². The van der Waals surface area contributed by atoms with E-state index in [0.29, 0.717) is 50.9 Å². The molecule has 15 nitrogen and oxygen atoms in total. The molecule has 0 spiro atoms. The lowest BCUT2D eigenvalue weighted by Gasteiger charge is -2.29. The number of amides is 5. The number of ether oxygens (including phenoxy) is 4. The van der Waals surface area contributed by atoms with E-state index in [1.807, 2.05) is 42.5 Å². The van der Waals surface area contributed by atoms with Crippen LogP contribution in [-0.4, -0.2) is 96.2 Å². The molecule has 0 unspecified atom stereocenters. The van der Waals surface area contributed by atoms with Gasteiger partial charge in [-0.25, -0.2) is 28.0 Å². The maximum atomic E-state index is 15.8. The predicted octanol–water partition coefficient (Wildman–Crippen LogP) is 10.8. The molecule has 0 aliphatic heterocycles. The van der Waals surface area contributed by atoms with E-state index in [1.54, 1.807) is 72.1 Å². The van der Waals surface area contributed by atoms with Crippen molar-refractivity contribution in [1.82, 2.24) is 20.4 Å². The number of nitrogens with zero attached hydrogens (tertiary/aromatic N) is 2. The standard InChI is InChI=1S/C51H68F2N6O9/c1-49(2,3)66-45(61)55-25-15-29-59(48(64)68-51(7,8)9)27-13-12-26-58(47(63)67-50(4,5)6)28-14-24-54-43-32-42(40(31-41(43)53)44(60)56-33-35-19-22-39(52)23-20-35)57-46(62)65-34-36-18-21-37-16-10-11-17-38(37)30-36/h10-11,16-23,30-32,54H,12-15,24-29,33-34H2,1-9H3,(H,55,61)(H,56,60)(H,57,62). The largest absolute Gasteiger partial charge is 0.444 e. The van der Waals surface area contributed by atoms with Crippen molar-refractivity contribution in [3.8, 4) is 0 Å². The highest BCUT2D eigenvalue weighted by Crippen LogP contribution is 2.26. The van der Waals surface area contributed by atoms with Gasteiger partial charge in [0.1, 0.15) is 35.0 Å². The van der Waals surface area contributed by atoms with Crippen LogP contribution in [0.25, 0.3) is 10.8 Å². The van der Waals surface area contributed by atoms with Gasteiger partial charge in [0, 0.05) is 45.8 Å². The van der Waals surface area contributed by atoms with Gasteiger partial charge in [0.05, 0.1) is 16.9 Å². The highest BCUT2D eigenvalue weighted by Gasteiger charge is 2.25. The summed E-state index contributed by atoms with van der Waals surface area (Å²) < 4.78 is 51.4. The quantitative estimate of drug-likeness (QED) is 0.0493. The van der Waals surface area contributed by atoms with Gasteiger partial charge in [0.2, 0.25) is 0 Å². The van der Waals surface area contributed by atoms with Crippen LogP contribution < -0.4 is 21.3 Å². The Morgan fingerprint density at radius 3 is 1.69 bits per heavy atom. The molecular formula is C51H68F2N6O9. The molecule has 4 aromatic rings. The van der Waals surface area contributed by atoms with Crippen molar-refractivity contribution in [2.75, 3.05) is 49.9 Å². The zero-order valence-corrected chi connectivity index (χ0v) is 40.8. The van der Waals surface area contributed by atoms with Crippen LogP contribution in [0.3, 0.4) is 0 Å². The molecule has 0 heterocycles. The second-order valence-corrected chi connectivity index (χ2v) is 19.3. The Morgan fingerprint density at radius 2 is 1.10 bits per heavy atom. The van der Waals surface area contributed by atoms with Crippen molar-refractivity contribution < 1.29 is 51.7 Å². The van der Waals surface area contributed by atoms with Crippen LogP contribution in [0.4, 0.5) is 39.3 Å². The van der Waals surface area contributed by atoms with E-state index in [2.05, 4.69) is 21.3 Å². The number of alkyl carbamates (subject to hydrolysis) is 1. The van der Waals surface area contributed by atoms with E-state index in [9.17, 15) is 28.4 Å². The van der Waals surface area contributed by atoms with Crippen LogP contribution >= 0.6 is 0 Å². The Bertz CT molecular complexity index is 2320.